The van der Waals surface area contributed by atoms with E-state index in [4.69, 9.17) is 11.1 Å². The molecule has 0 aliphatic carbocycles. The maximum Gasteiger partial charge on any atom is 0.123 e. The number of rotatable bonds is 2. The molecule has 0 radical (unpaired) electrons. The second-order valence-corrected chi connectivity index (χ2v) is 3.51. The van der Waals surface area contributed by atoms with Crippen molar-refractivity contribution >= 4 is 11.4 Å². The highest BCUT2D eigenvalue weighted by molar-refractivity contribution is 5.62. The SMILES string of the molecule is N#Cc1ccc(N(N)c2ccc(F)cc2)cc1. The molecule has 2 N–H and O–H groups in total. The maximum absolute atomic E-state index is 12.8. The van der Waals surface area contributed by atoms with Crippen LogP contribution in [0, 0.1) is 17.1 Å². The number of anilines is 2. The Labute approximate surface area is 98.5 Å². The number of nitriles is 1. The Morgan fingerprint density at radius 3 is 1.88 bits per heavy atom. The molecule has 0 aliphatic rings. The number of nitrogens with two attached hydrogens (primary N) is 1. The fraction of sp³-hybridized carbons (Fsp3) is 0. The maximum atomic E-state index is 12.8. The number of hydrazine groups is 1. The molecule has 0 unspecified atom stereocenters. The van der Waals surface area contributed by atoms with E-state index in [-0.39, 0.29) is 5.82 Å². The van der Waals surface area contributed by atoms with Gasteiger partial charge in [-0.3, -0.25) is 5.01 Å². The van der Waals surface area contributed by atoms with E-state index in [1.54, 1.807) is 36.4 Å². The molecule has 2 rings (SSSR count). The quantitative estimate of drug-likeness (QED) is 0.634. The van der Waals surface area contributed by atoms with Crippen LogP contribution in [-0.2, 0) is 0 Å². The van der Waals surface area contributed by atoms with Crippen LogP contribution in [0.4, 0.5) is 15.8 Å². The molecule has 0 spiro atoms. The van der Waals surface area contributed by atoms with Gasteiger partial charge in [0.1, 0.15) is 5.82 Å². The highest BCUT2D eigenvalue weighted by atomic mass is 19.1. The lowest BCUT2D eigenvalue weighted by atomic mass is 10.2. The Kier molecular flexibility index (Phi) is 3.03. The standard InChI is InChI=1S/C13H10FN3/c14-11-3-7-13(8-4-11)17(16)12-5-1-10(9-15)2-6-12/h1-8H,16H2. The summed E-state index contributed by atoms with van der Waals surface area (Å²) in [5.41, 5.74) is 1.98. The molecule has 17 heavy (non-hydrogen) atoms. The zero-order valence-electron chi connectivity index (χ0n) is 8.97. The van der Waals surface area contributed by atoms with Crippen LogP contribution < -0.4 is 10.9 Å². The lowest BCUT2D eigenvalue weighted by Gasteiger charge is -2.18. The molecule has 0 saturated carbocycles. The van der Waals surface area contributed by atoms with Crippen molar-refractivity contribution in [3.63, 3.8) is 0 Å². The van der Waals surface area contributed by atoms with Crippen molar-refractivity contribution in [3.05, 3.63) is 59.9 Å². The third-order valence-electron chi connectivity index (χ3n) is 2.38. The summed E-state index contributed by atoms with van der Waals surface area (Å²) in [4.78, 5) is 0. The topological polar surface area (TPSA) is 53.0 Å². The zero-order valence-corrected chi connectivity index (χ0v) is 8.97. The van der Waals surface area contributed by atoms with Crippen LogP contribution in [-0.4, -0.2) is 0 Å². The van der Waals surface area contributed by atoms with Gasteiger partial charge in [-0.15, -0.1) is 0 Å². The highest BCUT2D eigenvalue weighted by Gasteiger charge is 2.04. The van der Waals surface area contributed by atoms with E-state index in [2.05, 4.69) is 0 Å². The van der Waals surface area contributed by atoms with Crippen molar-refractivity contribution < 1.29 is 4.39 Å². The third kappa shape index (κ3) is 2.41. The summed E-state index contributed by atoms with van der Waals surface area (Å²) in [5.74, 6) is 5.58. The first-order valence-electron chi connectivity index (χ1n) is 5.01. The smallest absolute Gasteiger partial charge is 0.123 e. The summed E-state index contributed by atoms with van der Waals surface area (Å²) >= 11 is 0. The van der Waals surface area contributed by atoms with E-state index in [0.29, 0.717) is 11.3 Å². The summed E-state index contributed by atoms with van der Waals surface area (Å²) in [5, 5.41) is 10.1. The van der Waals surface area contributed by atoms with E-state index in [0.717, 1.165) is 5.69 Å². The number of halogens is 1. The summed E-state index contributed by atoms with van der Waals surface area (Å²) in [7, 11) is 0. The molecular weight excluding hydrogens is 217 g/mol. The normalized spacial score (nSPS) is 9.71. The Balaban J connectivity index is 2.27. The summed E-state index contributed by atoms with van der Waals surface area (Å²) in [6, 6.07) is 14.7. The van der Waals surface area contributed by atoms with Crippen molar-refractivity contribution in [2.75, 3.05) is 5.01 Å². The molecule has 0 aromatic heterocycles. The van der Waals surface area contributed by atoms with Crippen molar-refractivity contribution in [1.82, 2.24) is 0 Å². The van der Waals surface area contributed by atoms with Crippen molar-refractivity contribution in [2.45, 2.75) is 0 Å². The van der Waals surface area contributed by atoms with Gasteiger partial charge in [0.2, 0.25) is 0 Å². The van der Waals surface area contributed by atoms with Gasteiger partial charge >= 0.3 is 0 Å². The molecule has 0 atom stereocenters. The third-order valence-corrected chi connectivity index (χ3v) is 2.38. The van der Waals surface area contributed by atoms with Gasteiger partial charge in [-0.25, -0.2) is 10.2 Å². The molecule has 2 aromatic rings. The summed E-state index contributed by atoms with van der Waals surface area (Å²) in [6.45, 7) is 0. The molecule has 0 aliphatic heterocycles. The highest BCUT2D eigenvalue weighted by Crippen LogP contribution is 2.21. The lowest BCUT2D eigenvalue weighted by Crippen LogP contribution is -2.24. The van der Waals surface area contributed by atoms with Crippen LogP contribution in [0.15, 0.2) is 48.5 Å². The van der Waals surface area contributed by atoms with E-state index in [1.165, 1.54) is 17.1 Å². The van der Waals surface area contributed by atoms with Crippen LogP contribution in [0.3, 0.4) is 0 Å². The van der Waals surface area contributed by atoms with Gasteiger partial charge in [0.05, 0.1) is 23.0 Å². The molecular formula is C13H10FN3. The first-order chi connectivity index (χ1) is 8.20. The summed E-state index contributed by atoms with van der Waals surface area (Å²) < 4.78 is 12.8. The lowest BCUT2D eigenvalue weighted by molar-refractivity contribution is 0.628. The Hall–Kier alpha value is -2.38. The van der Waals surface area contributed by atoms with Gasteiger partial charge in [-0.05, 0) is 48.5 Å². The van der Waals surface area contributed by atoms with Crippen molar-refractivity contribution in [3.8, 4) is 6.07 Å². The number of benzene rings is 2. The molecule has 0 amide bonds. The van der Waals surface area contributed by atoms with E-state index in [9.17, 15) is 4.39 Å². The predicted molar refractivity (Wildman–Crippen MR) is 63.9 cm³/mol. The van der Waals surface area contributed by atoms with Crippen LogP contribution in [0.5, 0.6) is 0 Å². The van der Waals surface area contributed by atoms with Crippen molar-refractivity contribution in [2.24, 2.45) is 5.84 Å². The van der Waals surface area contributed by atoms with Crippen LogP contribution in [0.1, 0.15) is 5.56 Å². The fourth-order valence-electron chi connectivity index (χ4n) is 1.45. The van der Waals surface area contributed by atoms with E-state index in [1.807, 2.05) is 6.07 Å². The second-order valence-electron chi connectivity index (χ2n) is 3.51. The van der Waals surface area contributed by atoms with Gasteiger partial charge in [0.25, 0.3) is 0 Å². The van der Waals surface area contributed by atoms with Gasteiger partial charge in [-0.2, -0.15) is 5.26 Å². The van der Waals surface area contributed by atoms with Crippen LogP contribution >= 0.6 is 0 Å². The second kappa shape index (κ2) is 4.64. The predicted octanol–water partition coefficient (Wildman–Crippen LogP) is 2.71. The van der Waals surface area contributed by atoms with Crippen LogP contribution in [0.2, 0.25) is 0 Å². The largest absolute Gasteiger partial charge is 0.280 e. The number of hydrogen-bond donors (Lipinski definition) is 1. The molecule has 0 bridgehead atoms. The zero-order chi connectivity index (χ0) is 12.3. The molecule has 0 saturated heterocycles. The Morgan fingerprint density at radius 2 is 1.41 bits per heavy atom. The minimum Gasteiger partial charge on any atom is -0.280 e. The van der Waals surface area contributed by atoms with Crippen molar-refractivity contribution in [1.29, 1.82) is 5.26 Å². The number of hydrogen-bond acceptors (Lipinski definition) is 3. The molecule has 4 heteroatoms. The minimum absolute atomic E-state index is 0.304. The molecule has 0 fully saturated rings. The molecule has 0 heterocycles. The van der Waals surface area contributed by atoms with E-state index < -0.39 is 0 Å². The minimum atomic E-state index is -0.304. The average Bonchev–Trinajstić information content (AvgIpc) is 2.39. The number of nitrogens with zero attached hydrogens (tertiary/aromatic N) is 2. The summed E-state index contributed by atoms with van der Waals surface area (Å²) in [6.07, 6.45) is 0. The molecule has 3 nitrogen and oxygen atoms in total. The van der Waals surface area contributed by atoms with Gasteiger partial charge in [0, 0.05) is 0 Å². The first-order valence-corrected chi connectivity index (χ1v) is 5.01. The first kappa shape index (κ1) is 11.1. The van der Waals surface area contributed by atoms with Gasteiger partial charge in [-0.1, -0.05) is 0 Å². The Morgan fingerprint density at radius 1 is 0.941 bits per heavy atom. The van der Waals surface area contributed by atoms with E-state index >= 15 is 0 Å². The monoisotopic (exact) mass is 227 g/mol. The average molecular weight is 227 g/mol. The van der Waals surface area contributed by atoms with Crippen LogP contribution in [0.25, 0.3) is 0 Å². The van der Waals surface area contributed by atoms with Gasteiger partial charge < -0.3 is 0 Å². The Bertz CT molecular complexity index is 540. The molecule has 84 valence electrons. The fourth-order valence-corrected chi connectivity index (χ4v) is 1.45. The van der Waals surface area contributed by atoms with Gasteiger partial charge in [0.15, 0.2) is 0 Å². The molecule has 2 aromatic carbocycles.